The minimum absolute atomic E-state index is 0.0534. The van der Waals surface area contributed by atoms with Gasteiger partial charge in [0.1, 0.15) is 0 Å². The summed E-state index contributed by atoms with van der Waals surface area (Å²) >= 11 is 0. The monoisotopic (exact) mass is 299 g/mol. The summed E-state index contributed by atoms with van der Waals surface area (Å²) in [5.41, 5.74) is 1.78. The third-order valence-electron chi connectivity index (χ3n) is 3.91. The summed E-state index contributed by atoms with van der Waals surface area (Å²) in [6, 6.07) is 3.24. The Hall–Kier alpha value is -2.70. The van der Waals surface area contributed by atoms with Gasteiger partial charge in [-0.1, -0.05) is 0 Å². The fourth-order valence-corrected chi connectivity index (χ4v) is 2.84. The van der Waals surface area contributed by atoms with Crippen LogP contribution >= 0.6 is 0 Å². The number of likely N-dealkylation sites (tertiary alicyclic amines) is 1. The Labute approximate surface area is 127 Å². The van der Waals surface area contributed by atoms with Crippen molar-refractivity contribution in [1.29, 1.82) is 0 Å². The van der Waals surface area contributed by atoms with Gasteiger partial charge >= 0.3 is 0 Å². The zero-order valence-electron chi connectivity index (χ0n) is 12.2. The lowest BCUT2D eigenvalue weighted by molar-refractivity contribution is 0.0729. The van der Waals surface area contributed by atoms with Crippen LogP contribution in [0, 0.1) is 0 Å². The van der Waals surface area contributed by atoms with Gasteiger partial charge in [0.15, 0.2) is 0 Å². The van der Waals surface area contributed by atoms with E-state index in [1.165, 1.54) is 6.20 Å². The van der Waals surface area contributed by atoms with E-state index in [2.05, 4.69) is 20.5 Å². The van der Waals surface area contributed by atoms with E-state index in [1.54, 1.807) is 36.5 Å². The van der Waals surface area contributed by atoms with Gasteiger partial charge in [0.25, 0.3) is 11.8 Å². The molecule has 0 saturated carbocycles. The second kappa shape index (κ2) is 5.97. The highest BCUT2D eigenvalue weighted by Gasteiger charge is 2.34. The molecule has 114 valence electrons. The summed E-state index contributed by atoms with van der Waals surface area (Å²) < 4.78 is 0. The Kier molecular flexibility index (Phi) is 3.86. The van der Waals surface area contributed by atoms with Crippen molar-refractivity contribution in [1.82, 2.24) is 25.4 Å². The molecule has 7 nitrogen and oxygen atoms in total. The molecule has 1 aliphatic rings. The number of amides is 2. The van der Waals surface area contributed by atoms with Crippen molar-refractivity contribution in [3.8, 4) is 0 Å². The highest BCUT2D eigenvalue weighted by Crippen LogP contribution is 2.33. The van der Waals surface area contributed by atoms with Gasteiger partial charge in [-0.15, -0.1) is 0 Å². The lowest BCUT2D eigenvalue weighted by atomic mass is 10.1. The van der Waals surface area contributed by atoms with Gasteiger partial charge in [-0.2, -0.15) is 5.10 Å². The maximum atomic E-state index is 12.7. The van der Waals surface area contributed by atoms with Crippen molar-refractivity contribution in [3.63, 3.8) is 0 Å². The second-order valence-corrected chi connectivity index (χ2v) is 5.17. The summed E-state index contributed by atoms with van der Waals surface area (Å²) in [6.45, 7) is 0.665. The molecule has 1 atom stereocenters. The fraction of sp³-hybridized carbons (Fsp3) is 0.333. The van der Waals surface area contributed by atoms with Crippen molar-refractivity contribution >= 4 is 11.8 Å². The van der Waals surface area contributed by atoms with Crippen LogP contribution in [-0.4, -0.2) is 45.5 Å². The summed E-state index contributed by atoms with van der Waals surface area (Å²) in [4.78, 5) is 30.3. The van der Waals surface area contributed by atoms with Gasteiger partial charge in [-0.3, -0.25) is 19.7 Å². The predicted molar refractivity (Wildman–Crippen MR) is 79.2 cm³/mol. The van der Waals surface area contributed by atoms with Crippen LogP contribution in [0.1, 0.15) is 45.3 Å². The zero-order valence-corrected chi connectivity index (χ0v) is 12.2. The Balaban J connectivity index is 1.90. The Morgan fingerprint density at radius 2 is 2.14 bits per heavy atom. The minimum Gasteiger partial charge on any atom is -0.355 e. The van der Waals surface area contributed by atoms with Crippen molar-refractivity contribution in [2.45, 2.75) is 18.9 Å². The van der Waals surface area contributed by atoms with E-state index in [4.69, 9.17) is 0 Å². The summed E-state index contributed by atoms with van der Waals surface area (Å²) in [7, 11) is 1.58. The molecule has 1 fully saturated rings. The number of carbonyl (C=O) groups is 2. The predicted octanol–water partition coefficient (Wildman–Crippen LogP) is 1.14. The molecule has 22 heavy (non-hydrogen) atoms. The highest BCUT2D eigenvalue weighted by atomic mass is 16.2. The number of H-pyrrole nitrogens is 1. The number of aromatic nitrogens is 3. The highest BCUT2D eigenvalue weighted by molar-refractivity contribution is 5.96. The van der Waals surface area contributed by atoms with E-state index in [9.17, 15) is 9.59 Å². The van der Waals surface area contributed by atoms with Gasteiger partial charge in [0.2, 0.25) is 0 Å². The van der Waals surface area contributed by atoms with Gasteiger partial charge < -0.3 is 10.2 Å². The van der Waals surface area contributed by atoms with E-state index in [0.717, 1.165) is 12.8 Å². The second-order valence-electron chi connectivity index (χ2n) is 5.17. The number of nitrogens with zero attached hydrogens (tertiary/aromatic N) is 3. The first kappa shape index (κ1) is 14.2. The van der Waals surface area contributed by atoms with Crippen molar-refractivity contribution in [2.24, 2.45) is 0 Å². The first-order chi connectivity index (χ1) is 10.7. The zero-order chi connectivity index (χ0) is 15.5. The molecule has 1 aliphatic heterocycles. The van der Waals surface area contributed by atoms with Gasteiger partial charge in [-0.05, 0) is 25.0 Å². The Morgan fingerprint density at radius 1 is 1.36 bits per heavy atom. The molecule has 0 bridgehead atoms. The van der Waals surface area contributed by atoms with E-state index in [-0.39, 0.29) is 17.9 Å². The van der Waals surface area contributed by atoms with Crippen LogP contribution in [0.5, 0.6) is 0 Å². The molecule has 7 heteroatoms. The third-order valence-corrected chi connectivity index (χ3v) is 3.91. The summed E-state index contributed by atoms with van der Waals surface area (Å²) in [6.07, 6.45) is 6.41. The normalized spacial score (nSPS) is 17.5. The molecule has 2 aromatic rings. The molecule has 0 aliphatic carbocycles. The van der Waals surface area contributed by atoms with Crippen LogP contribution in [0.25, 0.3) is 0 Å². The SMILES string of the molecule is CNC(=O)c1cn[nH]c1C1CCCN1C(=O)c1ccncc1. The molecule has 0 aromatic carbocycles. The molecule has 1 unspecified atom stereocenters. The van der Waals surface area contributed by atoms with E-state index in [1.807, 2.05) is 0 Å². The Bertz CT molecular complexity index is 682. The van der Waals surface area contributed by atoms with Crippen LogP contribution in [0.3, 0.4) is 0 Å². The third kappa shape index (κ3) is 2.45. The van der Waals surface area contributed by atoms with Crippen molar-refractivity contribution in [2.75, 3.05) is 13.6 Å². The van der Waals surface area contributed by atoms with E-state index in [0.29, 0.717) is 23.4 Å². The lowest BCUT2D eigenvalue weighted by Crippen LogP contribution is -2.32. The molecule has 2 N–H and O–H groups in total. The van der Waals surface area contributed by atoms with Crippen molar-refractivity contribution in [3.05, 3.63) is 47.5 Å². The Morgan fingerprint density at radius 3 is 2.86 bits per heavy atom. The molecule has 0 spiro atoms. The average Bonchev–Trinajstić information content (AvgIpc) is 3.22. The first-order valence-electron chi connectivity index (χ1n) is 7.18. The number of hydrogen-bond acceptors (Lipinski definition) is 4. The molecule has 2 aromatic heterocycles. The lowest BCUT2D eigenvalue weighted by Gasteiger charge is -2.24. The van der Waals surface area contributed by atoms with Gasteiger partial charge in [0, 0.05) is 31.5 Å². The average molecular weight is 299 g/mol. The van der Waals surface area contributed by atoms with E-state index < -0.39 is 0 Å². The number of hydrogen-bond donors (Lipinski definition) is 2. The maximum Gasteiger partial charge on any atom is 0.254 e. The molecule has 0 radical (unpaired) electrons. The maximum absolute atomic E-state index is 12.7. The largest absolute Gasteiger partial charge is 0.355 e. The smallest absolute Gasteiger partial charge is 0.254 e. The number of rotatable bonds is 3. The van der Waals surface area contributed by atoms with Crippen LogP contribution in [0.4, 0.5) is 0 Å². The molecular weight excluding hydrogens is 282 g/mol. The van der Waals surface area contributed by atoms with Crippen LogP contribution in [0.15, 0.2) is 30.7 Å². The topological polar surface area (TPSA) is 91.0 Å². The molecule has 3 heterocycles. The fourth-order valence-electron chi connectivity index (χ4n) is 2.84. The minimum atomic E-state index is -0.202. The molecule has 2 amide bonds. The number of pyridine rings is 1. The molecule has 1 saturated heterocycles. The van der Waals surface area contributed by atoms with Crippen LogP contribution in [0.2, 0.25) is 0 Å². The standard InChI is InChI=1S/C15H17N5O2/c1-16-14(21)11-9-18-19-13(11)12-3-2-8-20(12)15(22)10-4-6-17-7-5-10/h4-7,9,12H,2-3,8H2,1H3,(H,16,21)(H,18,19). The quantitative estimate of drug-likeness (QED) is 0.889. The van der Waals surface area contributed by atoms with Gasteiger partial charge in [0.05, 0.1) is 23.5 Å². The number of carbonyl (C=O) groups excluding carboxylic acids is 2. The first-order valence-corrected chi connectivity index (χ1v) is 7.18. The van der Waals surface area contributed by atoms with Crippen LogP contribution < -0.4 is 5.32 Å². The summed E-state index contributed by atoms with van der Waals surface area (Å²) in [5.74, 6) is -0.255. The molecule has 3 rings (SSSR count). The number of aromatic amines is 1. The van der Waals surface area contributed by atoms with Crippen LogP contribution in [-0.2, 0) is 0 Å². The van der Waals surface area contributed by atoms with E-state index >= 15 is 0 Å². The number of nitrogens with one attached hydrogen (secondary N) is 2. The molecular formula is C15H17N5O2. The summed E-state index contributed by atoms with van der Waals surface area (Å²) in [5, 5.41) is 9.45. The van der Waals surface area contributed by atoms with Gasteiger partial charge in [-0.25, -0.2) is 0 Å². The van der Waals surface area contributed by atoms with Crippen molar-refractivity contribution < 1.29 is 9.59 Å².